The van der Waals surface area contributed by atoms with Gasteiger partial charge in [0, 0.05) is 72.7 Å². The van der Waals surface area contributed by atoms with Gasteiger partial charge in [0.1, 0.15) is 11.3 Å². The summed E-state index contributed by atoms with van der Waals surface area (Å²) in [4.78, 5) is 26.9. The van der Waals surface area contributed by atoms with Crippen LogP contribution < -0.4 is 4.90 Å². The highest BCUT2D eigenvalue weighted by Crippen LogP contribution is 2.31. The number of pyridine rings is 2. The molecule has 0 radical (unpaired) electrons. The van der Waals surface area contributed by atoms with Crippen LogP contribution in [0.3, 0.4) is 0 Å². The van der Waals surface area contributed by atoms with Crippen LogP contribution in [-0.2, 0) is 0 Å². The molecule has 1 saturated heterocycles. The first kappa shape index (κ1) is 21.4. The number of hydrogen-bond donors (Lipinski definition) is 1. The quantitative estimate of drug-likeness (QED) is 0.414. The van der Waals surface area contributed by atoms with Gasteiger partial charge in [-0.15, -0.1) is 0 Å². The normalized spacial score (nSPS) is 14.5. The van der Waals surface area contributed by atoms with Crippen molar-refractivity contribution in [3.05, 3.63) is 78.9 Å². The third kappa shape index (κ3) is 4.26. The smallest absolute Gasteiger partial charge is 0.180 e. The highest BCUT2D eigenvalue weighted by Gasteiger charge is 2.16. The minimum Gasteiger partial charge on any atom is -0.369 e. The van der Waals surface area contributed by atoms with Crippen LogP contribution in [-0.4, -0.2) is 63.0 Å². The van der Waals surface area contributed by atoms with E-state index >= 15 is 0 Å². The van der Waals surface area contributed by atoms with Gasteiger partial charge in [0.2, 0.25) is 0 Å². The summed E-state index contributed by atoms with van der Waals surface area (Å²) in [7, 11) is 2.18. The lowest BCUT2D eigenvalue weighted by Gasteiger charge is -2.34. The van der Waals surface area contributed by atoms with E-state index in [9.17, 15) is 0 Å². The molecule has 35 heavy (non-hydrogen) atoms. The molecule has 0 aliphatic carbocycles. The minimum atomic E-state index is 0.598. The van der Waals surface area contributed by atoms with Crippen molar-refractivity contribution >= 4 is 16.7 Å². The summed E-state index contributed by atoms with van der Waals surface area (Å²) in [5.74, 6) is 0.598. The highest BCUT2D eigenvalue weighted by molar-refractivity contribution is 5.92. The Morgan fingerprint density at radius 1 is 0.800 bits per heavy atom. The number of rotatable bonds is 4. The predicted octanol–water partition coefficient (Wildman–Crippen LogP) is 4.81. The van der Waals surface area contributed by atoms with E-state index in [1.54, 1.807) is 0 Å². The van der Waals surface area contributed by atoms with Crippen LogP contribution in [0.25, 0.3) is 44.9 Å². The van der Waals surface area contributed by atoms with Crippen LogP contribution in [0.1, 0.15) is 5.69 Å². The number of nitrogens with one attached hydrogen (secondary N) is 1. The van der Waals surface area contributed by atoms with Crippen molar-refractivity contribution in [2.75, 3.05) is 38.1 Å². The fourth-order valence-corrected chi connectivity index (χ4v) is 4.60. The van der Waals surface area contributed by atoms with E-state index in [0.717, 1.165) is 71.0 Å². The Labute approximate surface area is 204 Å². The molecule has 0 amide bonds. The summed E-state index contributed by atoms with van der Waals surface area (Å²) in [6.07, 6.45) is 5.67. The molecule has 0 atom stereocenters. The Hall–Kier alpha value is -4.10. The molecule has 1 N–H and O–H groups in total. The Balaban J connectivity index is 1.36. The largest absolute Gasteiger partial charge is 0.369 e. The lowest BCUT2D eigenvalue weighted by atomic mass is 10.0. The number of piperazine rings is 1. The number of aromatic amines is 1. The molecule has 1 aromatic carbocycles. The maximum absolute atomic E-state index is 4.93. The summed E-state index contributed by atoms with van der Waals surface area (Å²) in [6.45, 7) is 6.29. The van der Waals surface area contributed by atoms with Gasteiger partial charge < -0.3 is 14.8 Å². The molecule has 0 spiro atoms. The van der Waals surface area contributed by atoms with Gasteiger partial charge in [-0.3, -0.25) is 4.98 Å². The van der Waals surface area contributed by atoms with Crippen molar-refractivity contribution in [3.63, 3.8) is 0 Å². The van der Waals surface area contributed by atoms with Crippen LogP contribution in [0, 0.1) is 6.92 Å². The third-order valence-electron chi connectivity index (χ3n) is 6.61. The number of benzene rings is 1. The average Bonchev–Trinajstić information content (AvgIpc) is 3.38. The molecule has 7 nitrogen and oxygen atoms in total. The molecule has 5 heterocycles. The van der Waals surface area contributed by atoms with E-state index in [-0.39, 0.29) is 0 Å². The number of H-pyrrole nitrogens is 1. The van der Waals surface area contributed by atoms with Gasteiger partial charge >= 0.3 is 0 Å². The molecule has 1 aliphatic heterocycles. The maximum atomic E-state index is 4.93. The van der Waals surface area contributed by atoms with Gasteiger partial charge in [0.25, 0.3) is 0 Å². The summed E-state index contributed by atoms with van der Waals surface area (Å²) in [5.41, 5.74) is 7.74. The monoisotopic (exact) mass is 461 g/mol. The number of aromatic nitrogens is 5. The van der Waals surface area contributed by atoms with E-state index in [1.807, 2.05) is 49.8 Å². The van der Waals surface area contributed by atoms with Crippen LogP contribution in [0.4, 0.5) is 5.69 Å². The second kappa shape index (κ2) is 8.92. The van der Waals surface area contributed by atoms with E-state index in [4.69, 9.17) is 9.97 Å². The third-order valence-corrected chi connectivity index (χ3v) is 6.61. The molecule has 1 aliphatic rings. The highest BCUT2D eigenvalue weighted by atomic mass is 15.2. The SMILES string of the molecule is Cc1cccc(-c2nc(-c3cncc(-c4ccc(N5CCN(C)CC5)cc4)c3)c3cc[nH]c3n2)n1. The van der Waals surface area contributed by atoms with Crippen molar-refractivity contribution in [2.24, 2.45) is 0 Å². The van der Waals surface area contributed by atoms with E-state index in [0.29, 0.717) is 5.82 Å². The first-order valence-electron chi connectivity index (χ1n) is 11.9. The molecule has 0 bridgehead atoms. The van der Waals surface area contributed by atoms with Crippen LogP contribution in [0.2, 0.25) is 0 Å². The molecule has 1 fully saturated rings. The van der Waals surface area contributed by atoms with Crippen LogP contribution in [0.15, 0.2) is 73.2 Å². The Morgan fingerprint density at radius 2 is 1.60 bits per heavy atom. The summed E-state index contributed by atoms with van der Waals surface area (Å²) in [6, 6.07) is 18.8. The zero-order valence-corrected chi connectivity index (χ0v) is 19.9. The predicted molar refractivity (Wildman–Crippen MR) is 140 cm³/mol. The molecule has 5 aromatic rings. The summed E-state index contributed by atoms with van der Waals surface area (Å²) in [5, 5.41) is 0.964. The standard InChI is InChI=1S/C28H27N7/c1-19-4-3-5-25(31-19)28-32-26(24-10-11-30-27(24)33-28)22-16-21(17-29-18-22)20-6-8-23(9-7-20)35-14-12-34(2)13-15-35/h3-11,16-18H,12-15H2,1-2H3,(H,30,32,33). The lowest BCUT2D eigenvalue weighted by Crippen LogP contribution is -2.44. The number of aryl methyl sites for hydroxylation is 1. The second-order valence-electron chi connectivity index (χ2n) is 9.10. The van der Waals surface area contributed by atoms with E-state index in [1.165, 1.54) is 5.69 Å². The topological polar surface area (TPSA) is 73.8 Å². The molecular formula is C28H27N7. The Bertz CT molecular complexity index is 1480. The van der Waals surface area contributed by atoms with Crippen molar-refractivity contribution < 1.29 is 0 Å². The first-order valence-corrected chi connectivity index (χ1v) is 11.9. The molecular weight excluding hydrogens is 434 g/mol. The Morgan fingerprint density at radius 3 is 2.40 bits per heavy atom. The molecule has 7 heteroatoms. The van der Waals surface area contributed by atoms with Gasteiger partial charge in [0.15, 0.2) is 5.82 Å². The van der Waals surface area contributed by atoms with E-state index in [2.05, 4.69) is 62.1 Å². The lowest BCUT2D eigenvalue weighted by molar-refractivity contribution is 0.313. The molecule has 174 valence electrons. The first-order chi connectivity index (χ1) is 17.1. The fourth-order valence-electron chi connectivity index (χ4n) is 4.60. The van der Waals surface area contributed by atoms with E-state index < -0.39 is 0 Å². The molecule has 0 saturated carbocycles. The van der Waals surface area contributed by atoms with Crippen molar-refractivity contribution in [2.45, 2.75) is 6.92 Å². The molecule has 4 aromatic heterocycles. The van der Waals surface area contributed by atoms with Gasteiger partial charge in [-0.05, 0) is 55.9 Å². The Kier molecular flexibility index (Phi) is 5.47. The average molecular weight is 462 g/mol. The zero-order chi connectivity index (χ0) is 23.8. The number of anilines is 1. The molecule has 6 rings (SSSR count). The minimum absolute atomic E-state index is 0.598. The molecule has 0 unspecified atom stereocenters. The summed E-state index contributed by atoms with van der Waals surface area (Å²) < 4.78 is 0. The fraction of sp³-hybridized carbons (Fsp3) is 0.214. The maximum Gasteiger partial charge on any atom is 0.180 e. The zero-order valence-electron chi connectivity index (χ0n) is 19.9. The van der Waals surface area contributed by atoms with Gasteiger partial charge in [-0.1, -0.05) is 18.2 Å². The van der Waals surface area contributed by atoms with Crippen molar-refractivity contribution in [3.8, 4) is 33.9 Å². The van der Waals surface area contributed by atoms with Crippen molar-refractivity contribution in [1.82, 2.24) is 29.8 Å². The number of fused-ring (bicyclic) bond motifs is 1. The number of hydrogen-bond acceptors (Lipinski definition) is 6. The van der Waals surface area contributed by atoms with Gasteiger partial charge in [-0.25, -0.2) is 15.0 Å². The number of likely N-dealkylation sites (N-methyl/N-ethyl adjacent to an activating group) is 1. The van der Waals surface area contributed by atoms with Crippen molar-refractivity contribution in [1.29, 1.82) is 0 Å². The van der Waals surface area contributed by atoms with Crippen LogP contribution in [0.5, 0.6) is 0 Å². The number of nitrogens with zero attached hydrogens (tertiary/aromatic N) is 6. The second-order valence-corrected chi connectivity index (χ2v) is 9.10. The van der Waals surface area contributed by atoms with Crippen LogP contribution >= 0.6 is 0 Å². The van der Waals surface area contributed by atoms with Gasteiger partial charge in [0.05, 0.1) is 5.69 Å². The van der Waals surface area contributed by atoms with Gasteiger partial charge in [-0.2, -0.15) is 0 Å². The summed E-state index contributed by atoms with van der Waals surface area (Å²) >= 11 is 0.